The Kier molecular flexibility index (Phi) is 5.86. The van der Waals surface area contributed by atoms with E-state index in [1.54, 1.807) is 6.20 Å². The van der Waals surface area contributed by atoms with Gasteiger partial charge >= 0.3 is 0 Å². The first-order chi connectivity index (χ1) is 7.74. The molecule has 0 spiro atoms. The van der Waals surface area contributed by atoms with Crippen LogP contribution in [0.3, 0.4) is 0 Å². The Morgan fingerprint density at radius 1 is 1.38 bits per heavy atom. The van der Waals surface area contributed by atoms with Gasteiger partial charge < -0.3 is 10.5 Å². The van der Waals surface area contributed by atoms with Crippen molar-refractivity contribution in [3.63, 3.8) is 0 Å². The van der Waals surface area contributed by atoms with Crippen LogP contribution in [0, 0.1) is 0 Å². The molecule has 90 valence electrons. The summed E-state index contributed by atoms with van der Waals surface area (Å²) >= 11 is 0. The van der Waals surface area contributed by atoms with Crippen molar-refractivity contribution in [2.24, 2.45) is 5.73 Å². The second-order valence-electron chi connectivity index (χ2n) is 4.13. The number of aromatic nitrogens is 1. The molecule has 3 nitrogen and oxygen atoms in total. The van der Waals surface area contributed by atoms with E-state index in [0.717, 1.165) is 18.6 Å². The van der Waals surface area contributed by atoms with E-state index < -0.39 is 0 Å². The molecule has 0 aliphatic heterocycles. The summed E-state index contributed by atoms with van der Waals surface area (Å²) in [6.45, 7) is 4.91. The summed E-state index contributed by atoms with van der Waals surface area (Å²) in [6.07, 6.45) is 6.59. The van der Waals surface area contributed by atoms with Crippen LogP contribution in [0.1, 0.15) is 51.1 Å². The monoisotopic (exact) mass is 222 g/mol. The van der Waals surface area contributed by atoms with Crippen LogP contribution in [0.25, 0.3) is 0 Å². The van der Waals surface area contributed by atoms with Crippen molar-refractivity contribution in [1.29, 1.82) is 0 Å². The van der Waals surface area contributed by atoms with Gasteiger partial charge in [0.15, 0.2) is 0 Å². The van der Waals surface area contributed by atoms with E-state index in [9.17, 15) is 0 Å². The normalized spacial score (nSPS) is 12.4. The van der Waals surface area contributed by atoms with Crippen LogP contribution < -0.4 is 10.5 Å². The third-order valence-electron chi connectivity index (χ3n) is 2.53. The Morgan fingerprint density at radius 3 is 2.88 bits per heavy atom. The Hall–Kier alpha value is -1.09. The Bertz CT molecular complexity index is 300. The minimum atomic E-state index is 0.0328. The quantitative estimate of drug-likeness (QED) is 0.721. The smallest absolute Gasteiger partial charge is 0.213 e. The number of hydrogen-bond acceptors (Lipinski definition) is 3. The maximum absolute atomic E-state index is 5.79. The van der Waals surface area contributed by atoms with Gasteiger partial charge in [-0.3, -0.25) is 0 Å². The summed E-state index contributed by atoms with van der Waals surface area (Å²) in [4.78, 5) is 4.16. The van der Waals surface area contributed by atoms with Gasteiger partial charge in [-0.2, -0.15) is 0 Å². The minimum Gasteiger partial charge on any atom is -0.478 e. The van der Waals surface area contributed by atoms with E-state index >= 15 is 0 Å². The highest BCUT2D eigenvalue weighted by molar-refractivity contribution is 5.22. The molecule has 16 heavy (non-hydrogen) atoms. The molecule has 1 aromatic heterocycles. The molecule has 0 aliphatic rings. The van der Waals surface area contributed by atoms with Gasteiger partial charge in [-0.1, -0.05) is 26.2 Å². The first kappa shape index (κ1) is 13.0. The standard InChI is InChI=1S/C13H22N2O/c1-3-4-5-6-9-16-13-10-12(11(2)14)7-8-15-13/h7-8,10-11H,3-6,9,14H2,1-2H3/t11-/m0/s1. The van der Waals surface area contributed by atoms with Crippen LogP contribution in [-0.4, -0.2) is 11.6 Å². The molecule has 0 aromatic carbocycles. The lowest BCUT2D eigenvalue weighted by Crippen LogP contribution is -2.06. The number of pyridine rings is 1. The molecule has 1 aromatic rings. The lowest BCUT2D eigenvalue weighted by Gasteiger charge is -2.08. The molecule has 0 unspecified atom stereocenters. The molecule has 0 fully saturated rings. The lowest BCUT2D eigenvalue weighted by atomic mass is 10.1. The fourth-order valence-electron chi connectivity index (χ4n) is 1.49. The van der Waals surface area contributed by atoms with Gasteiger partial charge in [0.05, 0.1) is 6.61 Å². The molecule has 0 saturated heterocycles. The van der Waals surface area contributed by atoms with Gasteiger partial charge in [-0.05, 0) is 25.0 Å². The zero-order valence-corrected chi connectivity index (χ0v) is 10.3. The molecule has 0 bridgehead atoms. The molecular formula is C13H22N2O. The van der Waals surface area contributed by atoms with E-state index in [0.29, 0.717) is 5.88 Å². The number of hydrogen-bond donors (Lipinski definition) is 1. The summed E-state index contributed by atoms with van der Waals surface area (Å²) in [6, 6.07) is 3.88. The highest BCUT2D eigenvalue weighted by Crippen LogP contribution is 2.14. The molecule has 0 amide bonds. The number of unbranched alkanes of at least 4 members (excludes halogenated alkanes) is 3. The average Bonchev–Trinajstić information content (AvgIpc) is 2.29. The average molecular weight is 222 g/mol. The highest BCUT2D eigenvalue weighted by Gasteiger charge is 2.01. The van der Waals surface area contributed by atoms with Gasteiger partial charge in [-0.25, -0.2) is 4.98 Å². The van der Waals surface area contributed by atoms with Crippen LogP contribution >= 0.6 is 0 Å². The minimum absolute atomic E-state index is 0.0328. The second-order valence-corrected chi connectivity index (χ2v) is 4.13. The zero-order chi connectivity index (χ0) is 11.8. The van der Waals surface area contributed by atoms with Gasteiger partial charge in [0.1, 0.15) is 0 Å². The topological polar surface area (TPSA) is 48.1 Å². The van der Waals surface area contributed by atoms with Gasteiger partial charge in [0, 0.05) is 18.3 Å². The Morgan fingerprint density at radius 2 is 2.19 bits per heavy atom. The number of ether oxygens (including phenoxy) is 1. The SMILES string of the molecule is CCCCCCOc1cc([C@H](C)N)ccn1. The Labute approximate surface area is 98.0 Å². The van der Waals surface area contributed by atoms with Crippen LogP contribution in [0.2, 0.25) is 0 Å². The maximum atomic E-state index is 5.79. The van der Waals surface area contributed by atoms with Crippen LogP contribution in [0.15, 0.2) is 18.3 Å². The van der Waals surface area contributed by atoms with Crippen LogP contribution in [-0.2, 0) is 0 Å². The predicted octanol–water partition coefficient (Wildman–Crippen LogP) is 3.06. The predicted molar refractivity (Wildman–Crippen MR) is 66.5 cm³/mol. The van der Waals surface area contributed by atoms with Gasteiger partial charge in [-0.15, -0.1) is 0 Å². The van der Waals surface area contributed by atoms with E-state index in [-0.39, 0.29) is 6.04 Å². The van der Waals surface area contributed by atoms with Gasteiger partial charge in [0.2, 0.25) is 5.88 Å². The van der Waals surface area contributed by atoms with E-state index in [1.165, 1.54) is 19.3 Å². The van der Waals surface area contributed by atoms with Crippen molar-refractivity contribution >= 4 is 0 Å². The molecule has 2 N–H and O–H groups in total. The van der Waals surface area contributed by atoms with Crippen molar-refractivity contribution in [3.05, 3.63) is 23.9 Å². The number of nitrogens with two attached hydrogens (primary N) is 1. The summed E-state index contributed by atoms with van der Waals surface area (Å²) in [7, 11) is 0. The molecule has 1 rings (SSSR count). The summed E-state index contributed by atoms with van der Waals surface area (Å²) in [5.41, 5.74) is 6.86. The van der Waals surface area contributed by atoms with Crippen molar-refractivity contribution in [1.82, 2.24) is 4.98 Å². The summed E-state index contributed by atoms with van der Waals surface area (Å²) in [5.74, 6) is 0.686. The molecule has 0 saturated carbocycles. The number of rotatable bonds is 7. The molecule has 0 aliphatic carbocycles. The third-order valence-corrected chi connectivity index (χ3v) is 2.53. The van der Waals surface area contributed by atoms with Crippen molar-refractivity contribution in [2.75, 3.05) is 6.61 Å². The lowest BCUT2D eigenvalue weighted by molar-refractivity contribution is 0.293. The van der Waals surface area contributed by atoms with Crippen molar-refractivity contribution < 1.29 is 4.74 Å². The highest BCUT2D eigenvalue weighted by atomic mass is 16.5. The number of nitrogens with zero attached hydrogens (tertiary/aromatic N) is 1. The van der Waals surface area contributed by atoms with E-state index in [2.05, 4.69) is 11.9 Å². The first-order valence-electron chi connectivity index (χ1n) is 6.08. The molecule has 1 heterocycles. The molecule has 3 heteroatoms. The fraction of sp³-hybridized carbons (Fsp3) is 0.615. The van der Waals surface area contributed by atoms with Crippen molar-refractivity contribution in [3.8, 4) is 5.88 Å². The summed E-state index contributed by atoms with van der Waals surface area (Å²) in [5, 5.41) is 0. The van der Waals surface area contributed by atoms with Gasteiger partial charge in [0.25, 0.3) is 0 Å². The fourth-order valence-corrected chi connectivity index (χ4v) is 1.49. The largest absolute Gasteiger partial charge is 0.478 e. The van der Waals surface area contributed by atoms with Crippen molar-refractivity contribution in [2.45, 2.75) is 45.6 Å². The third kappa shape index (κ3) is 4.62. The maximum Gasteiger partial charge on any atom is 0.213 e. The van der Waals surface area contributed by atoms with E-state index in [1.807, 2.05) is 19.1 Å². The molecular weight excluding hydrogens is 200 g/mol. The first-order valence-corrected chi connectivity index (χ1v) is 6.08. The zero-order valence-electron chi connectivity index (χ0n) is 10.3. The second kappa shape index (κ2) is 7.23. The Balaban J connectivity index is 2.33. The summed E-state index contributed by atoms with van der Waals surface area (Å²) < 4.78 is 5.58. The van der Waals surface area contributed by atoms with Crippen LogP contribution in [0.5, 0.6) is 5.88 Å². The van der Waals surface area contributed by atoms with E-state index in [4.69, 9.17) is 10.5 Å². The molecule has 1 atom stereocenters. The molecule has 0 radical (unpaired) electrons. The van der Waals surface area contributed by atoms with Crippen LogP contribution in [0.4, 0.5) is 0 Å².